The van der Waals surface area contributed by atoms with Gasteiger partial charge in [-0.15, -0.1) is 0 Å². The van der Waals surface area contributed by atoms with Gasteiger partial charge in [0.05, 0.1) is 0 Å². The molecule has 18 heavy (non-hydrogen) atoms. The highest BCUT2D eigenvalue weighted by Gasteiger charge is 2.03. The molecule has 1 nitrogen and oxygen atoms in total. The third kappa shape index (κ3) is 12.4. The van der Waals surface area contributed by atoms with Crippen LogP contribution in [0.2, 0.25) is 0 Å². The van der Waals surface area contributed by atoms with Gasteiger partial charge >= 0.3 is 0 Å². The van der Waals surface area contributed by atoms with Gasteiger partial charge in [0.1, 0.15) is 0 Å². The monoisotopic (exact) mass is 255 g/mol. The van der Waals surface area contributed by atoms with Gasteiger partial charge in [0.25, 0.3) is 0 Å². The third-order valence-corrected chi connectivity index (χ3v) is 3.83. The van der Waals surface area contributed by atoms with Crippen molar-refractivity contribution in [1.29, 1.82) is 0 Å². The van der Waals surface area contributed by atoms with Crippen LogP contribution in [0.15, 0.2) is 0 Å². The first-order valence-electron chi connectivity index (χ1n) is 8.58. The van der Waals surface area contributed by atoms with Gasteiger partial charge in [-0.05, 0) is 25.8 Å². The number of rotatable bonds is 14. The molecule has 0 spiro atoms. The summed E-state index contributed by atoms with van der Waals surface area (Å²) in [5.74, 6) is 0. The van der Waals surface area contributed by atoms with Gasteiger partial charge in [-0.3, -0.25) is 0 Å². The van der Waals surface area contributed by atoms with Crippen molar-refractivity contribution in [3.63, 3.8) is 0 Å². The first-order valence-corrected chi connectivity index (χ1v) is 8.58. The molecule has 0 aromatic rings. The minimum atomic E-state index is 0.773. The number of hydrogen-bond acceptors (Lipinski definition) is 1. The van der Waals surface area contributed by atoms with E-state index in [2.05, 4.69) is 26.1 Å². The van der Waals surface area contributed by atoms with Crippen LogP contribution in [-0.4, -0.2) is 12.6 Å². The van der Waals surface area contributed by atoms with Crippen molar-refractivity contribution in [3.8, 4) is 0 Å². The lowest BCUT2D eigenvalue weighted by Crippen LogP contribution is -2.28. The fourth-order valence-electron chi connectivity index (χ4n) is 2.50. The molecule has 0 amide bonds. The van der Waals surface area contributed by atoms with Crippen molar-refractivity contribution in [3.05, 3.63) is 0 Å². The zero-order valence-electron chi connectivity index (χ0n) is 13.3. The summed E-state index contributed by atoms with van der Waals surface area (Å²) in [6.07, 6.45) is 16.9. The molecule has 0 bridgehead atoms. The Kier molecular flexibility index (Phi) is 15.0. The molecule has 0 aliphatic rings. The minimum absolute atomic E-state index is 0.773. The first kappa shape index (κ1) is 18.0. The fourth-order valence-corrected chi connectivity index (χ4v) is 2.50. The van der Waals surface area contributed by atoms with Crippen molar-refractivity contribution in [2.75, 3.05) is 6.54 Å². The van der Waals surface area contributed by atoms with Gasteiger partial charge in [-0.25, -0.2) is 0 Å². The van der Waals surface area contributed by atoms with E-state index in [1.165, 1.54) is 83.6 Å². The van der Waals surface area contributed by atoms with E-state index in [0.29, 0.717) is 0 Å². The fraction of sp³-hybridized carbons (Fsp3) is 1.00. The second-order valence-electron chi connectivity index (χ2n) is 5.68. The van der Waals surface area contributed by atoms with Crippen LogP contribution in [0.4, 0.5) is 0 Å². The number of nitrogens with one attached hydrogen (secondary N) is 1. The van der Waals surface area contributed by atoms with Crippen LogP contribution in [0.3, 0.4) is 0 Å². The van der Waals surface area contributed by atoms with Crippen LogP contribution in [0.1, 0.15) is 97.8 Å². The standard InChI is InChI=1S/C17H37N/c1-4-7-8-9-10-11-12-13-14-15-17(6-3)18-16-5-2/h17-18H,4-16H2,1-3H3. The second-order valence-corrected chi connectivity index (χ2v) is 5.68. The summed E-state index contributed by atoms with van der Waals surface area (Å²) in [5.41, 5.74) is 0. The highest BCUT2D eigenvalue weighted by Crippen LogP contribution is 2.12. The van der Waals surface area contributed by atoms with Crippen molar-refractivity contribution >= 4 is 0 Å². The lowest BCUT2D eigenvalue weighted by molar-refractivity contribution is 0.441. The number of unbranched alkanes of at least 4 members (excludes halogenated alkanes) is 8. The molecule has 0 heterocycles. The van der Waals surface area contributed by atoms with E-state index in [0.717, 1.165) is 6.04 Å². The molecule has 0 aromatic carbocycles. The predicted molar refractivity (Wildman–Crippen MR) is 84.2 cm³/mol. The van der Waals surface area contributed by atoms with Crippen LogP contribution >= 0.6 is 0 Å². The van der Waals surface area contributed by atoms with Gasteiger partial charge in [0, 0.05) is 6.04 Å². The predicted octanol–water partition coefficient (Wildman–Crippen LogP) is 5.69. The molecule has 110 valence electrons. The molecular formula is C17H37N. The van der Waals surface area contributed by atoms with Crippen molar-refractivity contribution < 1.29 is 0 Å². The average Bonchev–Trinajstić information content (AvgIpc) is 2.40. The van der Waals surface area contributed by atoms with E-state index in [9.17, 15) is 0 Å². The molecule has 0 fully saturated rings. The number of hydrogen-bond donors (Lipinski definition) is 1. The van der Waals surface area contributed by atoms with E-state index >= 15 is 0 Å². The SMILES string of the molecule is CCCCCCCCCCCC(CC)NCCC. The molecule has 1 unspecified atom stereocenters. The summed E-state index contributed by atoms with van der Waals surface area (Å²) in [5, 5.41) is 3.64. The van der Waals surface area contributed by atoms with Crippen LogP contribution in [0.5, 0.6) is 0 Å². The normalized spacial score (nSPS) is 12.8. The van der Waals surface area contributed by atoms with Crippen LogP contribution in [0, 0.1) is 0 Å². The average molecular weight is 255 g/mol. The van der Waals surface area contributed by atoms with E-state index < -0.39 is 0 Å². The Bertz CT molecular complexity index is 145. The van der Waals surface area contributed by atoms with Crippen LogP contribution < -0.4 is 5.32 Å². The van der Waals surface area contributed by atoms with Gasteiger partial charge in [0.15, 0.2) is 0 Å². The molecule has 1 heteroatoms. The Labute approximate surface area is 116 Å². The van der Waals surface area contributed by atoms with Gasteiger partial charge in [-0.2, -0.15) is 0 Å². The van der Waals surface area contributed by atoms with E-state index in [1.807, 2.05) is 0 Å². The molecule has 0 aromatic heterocycles. The summed E-state index contributed by atoms with van der Waals surface area (Å²) in [6, 6.07) is 0.773. The lowest BCUT2D eigenvalue weighted by atomic mass is 10.0. The minimum Gasteiger partial charge on any atom is -0.314 e. The van der Waals surface area contributed by atoms with Crippen molar-refractivity contribution in [2.24, 2.45) is 0 Å². The van der Waals surface area contributed by atoms with Crippen molar-refractivity contribution in [2.45, 2.75) is 104 Å². The highest BCUT2D eigenvalue weighted by atomic mass is 14.9. The van der Waals surface area contributed by atoms with Crippen molar-refractivity contribution in [1.82, 2.24) is 5.32 Å². The van der Waals surface area contributed by atoms with E-state index in [-0.39, 0.29) is 0 Å². The summed E-state index contributed by atoms with van der Waals surface area (Å²) >= 11 is 0. The van der Waals surface area contributed by atoms with Crippen LogP contribution in [-0.2, 0) is 0 Å². The molecule has 0 saturated heterocycles. The van der Waals surface area contributed by atoms with Gasteiger partial charge < -0.3 is 5.32 Å². The maximum atomic E-state index is 3.64. The summed E-state index contributed by atoms with van der Waals surface area (Å²) in [7, 11) is 0. The highest BCUT2D eigenvalue weighted by molar-refractivity contribution is 4.64. The van der Waals surface area contributed by atoms with E-state index in [1.54, 1.807) is 0 Å². The Morgan fingerprint density at radius 2 is 1.22 bits per heavy atom. The summed E-state index contributed by atoms with van der Waals surface area (Å²) in [4.78, 5) is 0. The first-order chi connectivity index (χ1) is 8.85. The Morgan fingerprint density at radius 3 is 1.72 bits per heavy atom. The molecular weight excluding hydrogens is 218 g/mol. The largest absolute Gasteiger partial charge is 0.314 e. The molecule has 0 rings (SSSR count). The van der Waals surface area contributed by atoms with Crippen LogP contribution in [0.25, 0.3) is 0 Å². The second kappa shape index (κ2) is 15.0. The third-order valence-electron chi connectivity index (χ3n) is 3.83. The molecule has 1 N–H and O–H groups in total. The maximum absolute atomic E-state index is 3.64. The molecule has 0 aliphatic heterocycles. The zero-order valence-corrected chi connectivity index (χ0v) is 13.3. The maximum Gasteiger partial charge on any atom is 0.00644 e. The molecule has 1 atom stereocenters. The zero-order chi connectivity index (χ0) is 13.5. The smallest absolute Gasteiger partial charge is 0.00644 e. The Balaban J connectivity index is 3.17. The summed E-state index contributed by atoms with van der Waals surface area (Å²) in [6.45, 7) is 8.03. The Hall–Kier alpha value is -0.0400. The molecule has 0 aliphatic carbocycles. The topological polar surface area (TPSA) is 12.0 Å². The Morgan fingerprint density at radius 1 is 0.667 bits per heavy atom. The van der Waals surface area contributed by atoms with Gasteiger partial charge in [-0.1, -0.05) is 78.6 Å². The quantitative estimate of drug-likeness (QED) is 0.393. The molecule has 0 radical (unpaired) electrons. The van der Waals surface area contributed by atoms with Gasteiger partial charge in [0.2, 0.25) is 0 Å². The summed E-state index contributed by atoms with van der Waals surface area (Å²) < 4.78 is 0. The van der Waals surface area contributed by atoms with E-state index in [4.69, 9.17) is 0 Å². The molecule has 0 saturated carbocycles. The lowest BCUT2D eigenvalue weighted by Gasteiger charge is -2.16.